The second-order valence-electron chi connectivity index (χ2n) is 5.15. The van der Waals surface area contributed by atoms with Crippen molar-refractivity contribution in [3.05, 3.63) is 101 Å². The van der Waals surface area contributed by atoms with Crippen LogP contribution in [-0.2, 0) is 0 Å². The molecule has 0 atom stereocenters. The second-order valence-corrected chi connectivity index (χ2v) is 5.15. The Morgan fingerprint density at radius 3 is 1.52 bits per heavy atom. The Kier molecular flexibility index (Phi) is 4.33. The smallest absolute Gasteiger partial charge is 0.194 e. The van der Waals surface area contributed by atoms with Crippen molar-refractivity contribution in [3.63, 3.8) is 0 Å². The molecular weight excluding hydrogens is 299 g/mol. The van der Waals surface area contributed by atoms with Crippen LogP contribution in [-0.4, -0.2) is 0 Å². The Morgan fingerprint density at radius 1 is 0.652 bits per heavy atom. The number of hydrogen-bond acceptors (Lipinski definition) is 1. The first kappa shape index (κ1) is 15.2. The van der Waals surface area contributed by atoms with E-state index in [4.69, 9.17) is 0 Å². The first-order valence-corrected chi connectivity index (χ1v) is 7.16. The lowest BCUT2D eigenvalue weighted by atomic mass is 9.98. The van der Waals surface area contributed by atoms with Crippen LogP contribution < -0.4 is 5.32 Å². The van der Waals surface area contributed by atoms with E-state index in [2.05, 4.69) is 5.32 Å². The highest BCUT2D eigenvalue weighted by molar-refractivity contribution is 5.50. The quantitative estimate of drug-likeness (QED) is 0.644. The predicted molar refractivity (Wildman–Crippen MR) is 84.7 cm³/mol. The van der Waals surface area contributed by atoms with Gasteiger partial charge in [-0.1, -0.05) is 60.7 Å². The third kappa shape index (κ3) is 3.37. The maximum atomic E-state index is 13.4. The molecule has 1 N–H and O–H groups in total. The van der Waals surface area contributed by atoms with Crippen molar-refractivity contribution in [2.45, 2.75) is 6.04 Å². The highest BCUT2D eigenvalue weighted by atomic mass is 19.2. The highest BCUT2D eigenvalue weighted by Gasteiger charge is 2.16. The standard InChI is InChI=1S/C19H14F3N/c20-16-11-15(12-17(21)18(16)22)23-19(13-7-3-1-4-8-13)14-9-5-2-6-10-14/h1-12,19,23H. The fourth-order valence-corrected chi connectivity index (χ4v) is 2.46. The minimum Gasteiger partial charge on any atom is -0.374 e. The normalized spacial score (nSPS) is 10.8. The Labute approximate surface area is 132 Å². The molecule has 3 rings (SSSR count). The molecule has 0 aliphatic heterocycles. The van der Waals surface area contributed by atoms with E-state index in [0.717, 1.165) is 23.3 Å². The average molecular weight is 313 g/mol. The monoisotopic (exact) mass is 313 g/mol. The van der Waals surface area contributed by atoms with Gasteiger partial charge in [0.1, 0.15) is 0 Å². The molecule has 23 heavy (non-hydrogen) atoms. The molecule has 3 aromatic rings. The lowest BCUT2D eigenvalue weighted by Crippen LogP contribution is -2.13. The van der Waals surface area contributed by atoms with Gasteiger partial charge in [-0.05, 0) is 11.1 Å². The van der Waals surface area contributed by atoms with Gasteiger partial charge in [0.25, 0.3) is 0 Å². The summed E-state index contributed by atoms with van der Waals surface area (Å²) >= 11 is 0. The van der Waals surface area contributed by atoms with Gasteiger partial charge >= 0.3 is 0 Å². The molecule has 4 heteroatoms. The van der Waals surface area contributed by atoms with Crippen molar-refractivity contribution in [3.8, 4) is 0 Å². The SMILES string of the molecule is Fc1cc(NC(c2ccccc2)c2ccccc2)cc(F)c1F. The Bertz CT molecular complexity index is 726. The molecule has 0 fully saturated rings. The minimum absolute atomic E-state index is 0.180. The fraction of sp³-hybridized carbons (Fsp3) is 0.0526. The van der Waals surface area contributed by atoms with E-state index in [1.165, 1.54) is 0 Å². The van der Waals surface area contributed by atoms with Gasteiger partial charge in [0, 0.05) is 17.8 Å². The van der Waals surface area contributed by atoms with E-state index >= 15 is 0 Å². The molecular formula is C19H14F3N. The first-order chi connectivity index (χ1) is 11.1. The number of anilines is 1. The molecule has 0 bridgehead atoms. The highest BCUT2D eigenvalue weighted by Crippen LogP contribution is 2.28. The zero-order valence-corrected chi connectivity index (χ0v) is 12.1. The molecule has 0 aromatic heterocycles. The molecule has 3 aromatic carbocycles. The Morgan fingerprint density at radius 2 is 1.09 bits per heavy atom. The van der Waals surface area contributed by atoms with Crippen LogP contribution in [0, 0.1) is 17.5 Å². The maximum Gasteiger partial charge on any atom is 0.194 e. The van der Waals surface area contributed by atoms with Gasteiger partial charge in [0.05, 0.1) is 6.04 Å². The van der Waals surface area contributed by atoms with Gasteiger partial charge < -0.3 is 5.32 Å². The molecule has 0 radical (unpaired) electrons. The third-order valence-electron chi connectivity index (χ3n) is 3.56. The third-order valence-corrected chi connectivity index (χ3v) is 3.56. The predicted octanol–water partition coefficient (Wildman–Crippen LogP) is 5.31. The van der Waals surface area contributed by atoms with Crippen molar-refractivity contribution in [2.75, 3.05) is 5.32 Å². The van der Waals surface area contributed by atoms with E-state index in [1.54, 1.807) is 0 Å². The van der Waals surface area contributed by atoms with Crippen LogP contribution in [0.3, 0.4) is 0 Å². The molecule has 0 saturated carbocycles. The molecule has 0 saturated heterocycles. The zero-order chi connectivity index (χ0) is 16.2. The summed E-state index contributed by atoms with van der Waals surface area (Å²) in [5.41, 5.74) is 2.05. The summed E-state index contributed by atoms with van der Waals surface area (Å²) < 4.78 is 40.0. The summed E-state index contributed by atoms with van der Waals surface area (Å²) in [6.45, 7) is 0. The molecule has 0 amide bonds. The lowest BCUT2D eigenvalue weighted by Gasteiger charge is -2.21. The van der Waals surface area contributed by atoms with Crippen molar-refractivity contribution in [1.29, 1.82) is 0 Å². The number of nitrogens with one attached hydrogen (secondary N) is 1. The van der Waals surface area contributed by atoms with Gasteiger partial charge in [-0.3, -0.25) is 0 Å². The van der Waals surface area contributed by atoms with Crippen LogP contribution >= 0.6 is 0 Å². The summed E-state index contributed by atoms with van der Waals surface area (Å²) in [5, 5.41) is 3.07. The topological polar surface area (TPSA) is 12.0 Å². The Balaban J connectivity index is 2.00. The summed E-state index contributed by atoms with van der Waals surface area (Å²) in [6.07, 6.45) is 0. The fourth-order valence-electron chi connectivity index (χ4n) is 2.46. The van der Waals surface area contributed by atoms with Crippen molar-refractivity contribution >= 4 is 5.69 Å². The van der Waals surface area contributed by atoms with E-state index in [1.807, 2.05) is 60.7 Å². The van der Waals surface area contributed by atoms with Gasteiger partial charge in [0.2, 0.25) is 0 Å². The molecule has 0 spiro atoms. The summed E-state index contributed by atoms with van der Waals surface area (Å²) in [7, 11) is 0. The summed E-state index contributed by atoms with van der Waals surface area (Å²) in [5.74, 6) is -3.90. The summed E-state index contributed by atoms with van der Waals surface area (Å²) in [6, 6.07) is 20.6. The van der Waals surface area contributed by atoms with Crippen LogP contribution in [0.2, 0.25) is 0 Å². The van der Waals surface area contributed by atoms with E-state index in [9.17, 15) is 13.2 Å². The van der Waals surface area contributed by atoms with Crippen LogP contribution in [0.5, 0.6) is 0 Å². The van der Waals surface area contributed by atoms with Crippen LogP contribution in [0.1, 0.15) is 17.2 Å². The number of hydrogen-bond donors (Lipinski definition) is 1. The zero-order valence-electron chi connectivity index (χ0n) is 12.1. The van der Waals surface area contributed by atoms with E-state index in [-0.39, 0.29) is 11.7 Å². The van der Waals surface area contributed by atoms with Gasteiger partial charge in [-0.25, -0.2) is 13.2 Å². The van der Waals surface area contributed by atoms with Crippen LogP contribution in [0.15, 0.2) is 72.8 Å². The van der Waals surface area contributed by atoms with E-state index < -0.39 is 17.5 Å². The number of rotatable bonds is 4. The Hall–Kier alpha value is -2.75. The van der Waals surface area contributed by atoms with Gasteiger partial charge in [-0.2, -0.15) is 0 Å². The van der Waals surface area contributed by atoms with E-state index in [0.29, 0.717) is 0 Å². The van der Waals surface area contributed by atoms with Crippen LogP contribution in [0.25, 0.3) is 0 Å². The average Bonchev–Trinajstić information content (AvgIpc) is 2.59. The largest absolute Gasteiger partial charge is 0.374 e. The number of halogens is 3. The molecule has 0 unspecified atom stereocenters. The van der Waals surface area contributed by atoms with Crippen molar-refractivity contribution in [2.24, 2.45) is 0 Å². The lowest BCUT2D eigenvalue weighted by molar-refractivity contribution is 0.447. The van der Waals surface area contributed by atoms with Crippen molar-refractivity contribution in [1.82, 2.24) is 0 Å². The maximum absolute atomic E-state index is 13.4. The molecule has 1 nitrogen and oxygen atoms in total. The van der Waals surface area contributed by atoms with Gasteiger partial charge in [0.15, 0.2) is 17.5 Å². The second kappa shape index (κ2) is 6.57. The van der Waals surface area contributed by atoms with Gasteiger partial charge in [-0.15, -0.1) is 0 Å². The summed E-state index contributed by atoms with van der Waals surface area (Å²) in [4.78, 5) is 0. The van der Waals surface area contributed by atoms with Crippen LogP contribution in [0.4, 0.5) is 18.9 Å². The molecule has 0 aliphatic carbocycles. The molecule has 0 heterocycles. The minimum atomic E-state index is -1.47. The molecule has 0 aliphatic rings. The van der Waals surface area contributed by atoms with Crippen molar-refractivity contribution < 1.29 is 13.2 Å². The first-order valence-electron chi connectivity index (χ1n) is 7.16. The number of benzene rings is 3. The molecule has 116 valence electrons.